The van der Waals surface area contributed by atoms with E-state index < -0.39 is 0 Å². The summed E-state index contributed by atoms with van der Waals surface area (Å²) in [7, 11) is 0. The summed E-state index contributed by atoms with van der Waals surface area (Å²) in [4.78, 5) is 1.30. The minimum atomic E-state index is 0.216. The van der Waals surface area contributed by atoms with Crippen molar-refractivity contribution in [2.24, 2.45) is 0 Å². The highest BCUT2D eigenvalue weighted by molar-refractivity contribution is 9.10. The molecule has 0 radical (unpaired) electrons. The normalized spacial score (nSPS) is 11.1. The average molecular weight is 271 g/mol. The summed E-state index contributed by atoms with van der Waals surface area (Å²) < 4.78 is 2.49. The molecule has 0 saturated carbocycles. The van der Waals surface area contributed by atoms with E-state index in [2.05, 4.69) is 35.0 Å². The van der Waals surface area contributed by atoms with Gasteiger partial charge in [-0.25, -0.2) is 0 Å². The highest BCUT2D eigenvalue weighted by Gasteiger charge is 2.08. The summed E-state index contributed by atoms with van der Waals surface area (Å²) in [5.74, 6) is 0. The van der Waals surface area contributed by atoms with E-state index in [1.54, 1.807) is 11.3 Å². The number of benzene rings is 1. The maximum atomic E-state index is 8.95. The van der Waals surface area contributed by atoms with Gasteiger partial charge < -0.3 is 5.11 Å². The predicted molar refractivity (Wildman–Crippen MR) is 65.1 cm³/mol. The molecular weight excluding hydrogens is 260 g/mol. The van der Waals surface area contributed by atoms with Crippen LogP contribution in [0.4, 0.5) is 0 Å². The fourth-order valence-electron chi connectivity index (χ4n) is 1.58. The molecule has 2 aromatic rings. The Morgan fingerprint density at radius 1 is 1.43 bits per heavy atom. The molecule has 3 heteroatoms. The Morgan fingerprint density at radius 3 is 2.93 bits per heavy atom. The minimum Gasteiger partial charge on any atom is -0.396 e. The second kappa shape index (κ2) is 4.01. The van der Waals surface area contributed by atoms with Crippen LogP contribution in [-0.4, -0.2) is 11.7 Å². The van der Waals surface area contributed by atoms with Gasteiger partial charge in [0.2, 0.25) is 0 Å². The van der Waals surface area contributed by atoms with Crippen LogP contribution < -0.4 is 0 Å². The van der Waals surface area contributed by atoms with E-state index in [0.717, 1.165) is 6.42 Å². The summed E-state index contributed by atoms with van der Waals surface area (Å²) in [6.07, 6.45) is 0.740. The van der Waals surface area contributed by atoms with Gasteiger partial charge in [-0.15, -0.1) is 11.3 Å². The highest BCUT2D eigenvalue weighted by Crippen LogP contribution is 2.36. The van der Waals surface area contributed by atoms with E-state index >= 15 is 0 Å². The third kappa shape index (κ3) is 1.60. The van der Waals surface area contributed by atoms with Crippen LogP contribution in [0.2, 0.25) is 0 Å². The van der Waals surface area contributed by atoms with Crippen molar-refractivity contribution in [1.82, 2.24) is 0 Å². The first-order chi connectivity index (χ1) is 6.74. The first kappa shape index (κ1) is 10.1. The van der Waals surface area contributed by atoms with Gasteiger partial charge in [0.15, 0.2) is 0 Å². The zero-order valence-electron chi connectivity index (χ0n) is 7.88. The quantitative estimate of drug-likeness (QED) is 0.886. The number of rotatable bonds is 2. The Morgan fingerprint density at radius 2 is 2.21 bits per heavy atom. The smallest absolute Gasteiger partial charge is 0.0471 e. The number of fused-ring (bicyclic) bond motifs is 1. The van der Waals surface area contributed by atoms with Crippen LogP contribution in [0, 0.1) is 6.92 Å². The van der Waals surface area contributed by atoms with Crippen LogP contribution in [0.25, 0.3) is 10.1 Å². The van der Waals surface area contributed by atoms with E-state index in [9.17, 15) is 0 Å². The van der Waals surface area contributed by atoms with Crippen molar-refractivity contribution < 1.29 is 5.11 Å². The lowest BCUT2D eigenvalue weighted by atomic mass is 10.1. The summed E-state index contributed by atoms with van der Waals surface area (Å²) in [6.45, 7) is 2.32. The molecular formula is C11H11BrOS. The maximum Gasteiger partial charge on any atom is 0.0471 e. The zero-order valence-corrected chi connectivity index (χ0v) is 10.3. The molecule has 2 rings (SSSR count). The molecule has 1 nitrogen and oxygen atoms in total. The Bertz CT molecular complexity index is 462. The molecule has 0 unspecified atom stereocenters. The van der Waals surface area contributed by atoms with E-state index in [4.69, 9.17) is 5.11 Å². The van der Waals surface area contributed by atoms with E-state index in [1.807, 2.05) is 6.07 Å². The lowest BCUT2D eigenvalue weighted by molar-refractivity contribution is 0.300. The summed E-state index contributed by atoms with van der Waals surface area (Å²) in [5, 5.41) is 10.2. The first-order valence-corrected chi connectivity index (χ1v) is 6.12. The molecule has 0 aliphatic heterocycles. The molecule has 0 atom stereocenters. The molecule has 0 saturated heterocycles. The fraction of sp³-hybridized carbons (Fsp3) is 0.273. The Hall–Kier alpha value is -0.380. The molecule has 1 aromatic carbocycles. The van der Waals surface area contributed by atoms with Crippen molar-refractivity contribution in [3.05, 3.63) is 33.1 Å². The number of aryl methyl sites for hydroxylation is 1. The molecule has 1 heterocycles. The van der Waals surface area contributed by atoms with Gasteiger partial charge in [0.1, 0.15) is 0 Å². The van der Waals surface area contributed by atoms with E-state index in [0.29, 0.717) is 0 Å². The molecule has 0 amide bonds. The third-order valence-electron chi connectivity index (χ3n) is 2.28. The fourth-order valence-corrected chi connectivity index (χ4v) is 3.37. The lowest BCUT2D eigenvalue weighted by Gasteiger charge is -1.99. The van der Waals surface area contributed by atoms with Crippen molar-refractivity contribution in [1.29, 1.82) is 0 Å². The number of hydrogen-bond acceptors (Lipinski definition) is 2. The van der Waals surface area contributed by atoms with Gasteiger partial charge in [-0.2, -0.15) is 0 Å². The average Bonchev–Trinajstić information content (AvgIpc) is 2.46. The van der Waals surface area contributed by atoms with Crippen LogP contribution >= 0.6 is 27.3 Å². The number of halogens is 1. The van der Waals surface area contributed by atoms with Crippen LogP contribution in [0.15, 0.2) is 22.7 Å². The van der Waals surface area contributed by atoms with Crippen LogP contribution in [0.5, 0.6) is 0 Å². The van der Waals surface area contributed by atoms with Crippen molar-refractivity contribution >= 4 is 37.4 Å². The molecule has 74 valence electrons. The largest absolute Gasteiger partial charge is 0.396 e. The van der Waals surface area contributed by atoms with Crippen molar-refractivity contribution in [3.8, 4) is 0 Å². The van der Waals surface area contributed by atoms with Crippen LogP contribution in [0.3, 0.4) is 0 Å². The SMILES string of the molecule is Cc1sc2c(CCO)cccc2c1Br. The predicted octanol–water partition coefficient (Wildman–Crippen LogP) is 3.51. The van der Waals surface area contributed by atoms with Crippen molar-refractivity contribution in [2.45, 2.75) is 13.3 Å². The van der Waals surface area contributed by atoms with Gasteiger partial charge in [-0.05, 0) is 34.8 Å². The number of hydrogen-bond donors (Lipinski definition) is 1. The Kier molecular flexibility index (Phi) is 2.91. The van der Waals surface area contributed by atoms with Crippen molar-refractivity contribution in [2.75, 3.05) is 6.61 Å². The number of aliphatic hydroxyl groups excluding tert-OH is 1. The minimum absolute atomic E-state index is 0.216. The maximum absolute atomic E-state index is 8.95. The van der Waals surface area contributed by atoms with E-state index in [1.165, 1.54) is 25.0 Å². The summed E-state index contributed by atoms with van der Waals surface area (Å²) in [6, 6.07) is 6.25. The van der Waals surface area contributed by atoms with Crippen LogP contribution in [-0.2, 0) is 6.42 Å². The number of aliphatic hydroxyl groups is 1. The number of thiophene rings is 1. The molecule has 0 bridgehead atoms. The van der Waals surface area contributed by atoms with Crippen molar-refractivity contribution in [3.63, 3.8) is 0 Å². The molecule has 1 aromatic heterocycles. The van der Waals surface area contributed by atoms with Gasteiger partial charge in [0, 0.05) is 26.0 Å². The second-order valence-corrected chi connectivity index (χ2v) is 5.26. The lowest BCUT2D eigenvalue weighted by Crippen LogP contribution is -1.89. The molecule has 0 spiro atoms. The standard InChI is InChI=1S/C11H11BrOS/c1-7-10(12)9-4-2-3-8(5-6-13)11(9)14-7/h2-4,13H,5-6H2,1H3. The third-order valence-corrected chi connectivity index (χ3v) is 4.76. The highest BCUT2D eigenvalue weighted by atomic mass is 79.9. The summed E-state index contributed by atoms with van der Waals surface area (Å²) >= 11 is 5.37. The Balaban J connectivity index is 2.68. The van der Waals surface area contributed by atoms with Gasteiger partial charge >= 0.3 is 0 Å². The molecule has 14 heavy (non-hydrogen) atoms. The molecule has 0 aliphatic rings. The molecule has 1 N–H and O–H groups in total. The Labute approximate surface area is 95.5 Å². The van der Waals surface area contributed by atoms with Crippen LogP contribution in [0.1, 0.15) is 10.4 Å². The topological polar surface area (TPSA) is 20.2 Å². The van der Waals surface area contributed by atoms with E-state index in [-0.39, 0.29) is 6.61 Å². The first-order valence-electron chi connectivity index (χ1n) is 4.51. The zero-order chi connectivity index (χ0) is 10.1. The van der Waals surface area contributed by atoms with Gasteiger partial charge in [0.25, 0.3) is 0 Å². The summed E-state index contributed by atoms with van der Waals surface area (Å²) in [5.41, 5.74) is 1.24. The molecule has 0 aliphatic carbocycles. The second-order valence-electron chi connectivity index (χ2n) is 3.24. The monoisotopic (exact) mass is 270 g/mol. The van der Waals surface area contributed by atoms with Gasteiger partial charge in [-0.1, -0.05) is 18.2 Å². The van der Waals surface area contributed by atoms with Gasteiger partial charge in [0.05, 0.1) is 0 Å². The molecule has 0 fully saturated rings. The van der Waals surface area contributed by atoms with Gasteiger partial charge in [-0.3, -0.25) is 0 Å².